The van der Waals surface area contributed by atoms with E-state index in [9.17, 15) is 10.0 Å². The number of rotatable bonds is 0. The lowest BCUT2D eigenvalue weighted by atomic mass is 10.0. The third-order valence-corrected chi connectivity index (χ3v) is 1.68. The largest absolute Gasteiger partial charge is 0.623 e. The van der Waals surface area contributed by atoms with Gasteiger partial charge < -0.3 is 5.21 Å². The average Bonchev–Trinajstić information content (AvgIpc) is 1.96. The minimum Gasteiger partial charge on any atom is -0.623 e. The summed E-state index contributed by atoms with van der Waals surface area (Å²) in [5.41, 5.74) is -0.806. The molecule has 9 heavy (non-hydrogen) atoms. The van der Waals surface area contributed by atoms with Crippen molar-refractivity contribution in [3.05, 3.63) is 5.21 Å². The summed E-state index contributed by atoms with van der Waals surface area (Å²) in [6, 6.07) is 0. The van der Waals surface area contributed by atoms with E-state index in [4.69, 9.17) is 0 Å². The molecule has 0 aromatic heterocycles. The Hall–Kier alpha value is -0.860. The molecule has 0 bridgehead atoms. The van der Waals surface area contributed by atoms with Gasteiger partial charge >= 0.3 is 0 Å². The van der Waals surface area contributed by atoms with Crippen LogP contribution in [-0.2, 0) is 4.79 Å². The zero-order chi connectivity index (χ0) is 7.07. The first-order valence-corrected chi connectivity index (χ1v) is 2.88. The van der Waals surface area contributed by atoms with Crippen molar-refractivity contribution in [3.63, 3.8) is 0 Å². The van der Waals surface area contributed by atoms with Gasteiger partial charge in [-0.25, -0.2) is 4.74 Å². The Balaban J connectivity index is 2.93. The Morgan fingerprint density at radius 2 is 2.33 bits per heavy atom. The van der Waals surface area contributed by atoms with Crippen molar-refractivity contribution >= 4 is 12.0 Å². The monoisotopic (exact) mass is 127 g/mol. The van der Waals surface area contributed by atoms with Gasteiger partial charge in [-0.1, -0.05) is 0 Å². The lowest BCUT2D eigenvalue weighted by Crippen LogP contribution is -2.35. The maximum absolute atomic E-state index is 10.8. The predicted molar refractivity (Wildman–Crippen MR) is 33.4 cm³/mol. The van der Waals surface area contributed by atoms with Crippen LogP contribution in [0.2, 0.25) is 0 Å². The molecule has 1 rings (SSSR count). The van der Waals surface area contributed by atoms with Gasteiger partial charge in [-0.2, -0.15) is 0 Å². The van der Waals surface area contributed by atoms with Crippen LogP contribution >= 0.6 is 0 Å². The molecule has 0 atom stereocenters. The molecule has 0 saturated carbocycles. The highest BCUT2D eigenvalue weighted by atomic mass is 16.5. The highest BCUT2D eigenvalue weighted by Gasteiger charge is 2.39. The molecule has 3 heteroatoms. The number of Topliss-reactive ketones (excluding diaryl/α,β-unsaturated/α-hetero) is 1. The molecule has 0 saturated heterocycles. The summed E-state index contributed by atoms with van der Waals surface area (Å²) in [5, 5.41) is 10.7. The van der Waals surface area contributed by atoms with Gasteiger partial charge in [0.25, 0.3) is 0 Å². The second kappa shape index (κ2) is 1.56. The van der Waals surface area contributed by atoms with Gasteiger partial charge in [0, 0.05) is 13.8 Å². The van der Waals surface area contributed by atoms with Crippen molar-refractivity contribution < 1.29 is 9.53 Å². The molecule has 0 aliphatic carbocycles. The minimum absolute atomic E-state index is 0.00231. The number of nitrogens with zero attached hydrogens (tertiary/aromatic N) is 1. The number of hydrogen-bond donors (Lipinski definition) is 0. The molecule has 0 radical (unpaired) electrons. The van der Waals surface area contributed by atoms with E-state index in [1.807, 2.05) is 0 Å². The molecule has 1 heterocycles. The molecule has 0 N–H and O–H groups in total. The van der Waals surface area contributed by atoms with Gasteiger partial charge in [0.15, 0.2) is 6.21 Å². The number of hydroxylamine groups is 1. The van der Waals surface area contributed by atoms with Gasteiger partial charge in [-0.15, -0.1) is 0 Å². The fraction of sp³-hybridized carbons (Fsp3) is 0.667. The molecule has 0 fully saturated rings. The molecule has 0 amide bonds. The van der Waals surface area contributed by atoms with Crippen molar-refractivity contribution in [2.45, 2.75) is 25.8 Å². The van der Waals surface area contributed by atoms with Gasteiger partial charge in [0.2, 0.25) is 11.3 Å². The van der Waals surface area contributed by atoms with Crippen molar-refractivity contribution in [1.82, 2.24) is 0 Å². The van der Waals surface area contributed by atoms with Gasteiger partial charge in [0.1, 0.15) is 0 Å². The Morgan fingerprint density at radius 1 is 1.78 bits per heavy atom. The number of carbonyl (C=O) groups excluding carboxylic acids is 1. The van der Waals surface area contributed by atoms with Crippen LogP contribution in [0.25, 0.3) is 0 Å². The maximum atomic E-state index is 10.8. The maximum Gasteiger partial charge on any atom is 0.225 e. The Bertz CT molecular complexity index is 181. The van der Waals surface area contributed by atoms with Gasteiger partial charge in [-0.3, -0.25) is 4.79 Å². The van der Waals surface area contributed by atoms with Crippen LogP contribution in [0, 0.1) is 5.21 Å². The third kappa shape index (κ3) is 0.724. The van der Waals surface area contributed by atoms with Crippen LogP contribution in [0.5, 0.6) is 0 Å². The molecule has 50 valence electrons. The Kier molecular flexibility index (Phi) is 1.08. The molecular formula is C6H9NO2. The Morgan fingerprint density at radius 3 is 2.44 bits per heavy atom. The second-order valence-corrected chi connectivity index (χ2v) is 2.69. The van der Waals surface area contributed by atoms with E-state index in [0.717, 1.165) is 4.74 Å². The van der Waals surface area contributed by atoms with Crippen LogP contribution in [0.4, 0.5) is 0 Å². The number of hydrogen-bond acceptors (Lipinski definition) is 2. The molecule has 0 aromatic carbocycles. The first kappa shape index (κ1) is 6.26. The SMILES string of the molecule is CC1(C)C(=O)CC=[N+]1[O-]. The summed E-state index contributed by atoms with van der Waals surface area (Å²) >= 11 is 0. The van der Waals surface area contributed by atoms with E-state index >= 15 is 0 Å². The Labute approximate surface area is 53.6 Å². The van der Waals surface area contributed by atoms with Crippen LogP contribution in [0.1, 0.15) is 20.3 Å². The quantitative estimate of drug-likeness (QED) is 0.347. The highest BCUT2D eigenvalue weighted by molar-refractivity contribution is 5.98. The summed E-state index contributed by atoms with van der Waals surface area (Å²) in [4.78, 5) is 10.8. The van der Waals surface area contributed by atoms with Crippen LogP contribution in [0.15, 0.2) is 0 Å². The molecule has 0 spiro atoms. The molecular weight excluding hydrogens is 118 g/mol. The zero-order valence-corrected chi connectivity index (χ0v) is 5.55. The number of ketones is 1. The summed E-state index contributed by atoms with van der Waals surface area (Å²) in [6.45, 7) is 3.26. The van der Waals surface area contributed by atoms with Crippen LogP contribution in [0.3, 0.4) is 0 Å². The van der Waals surface area contributed by atoms with Crippen molar-refractivity contribution in [3.8, 4) is 0 Å². The summed E-state index contributed by atoms with van der Waals surface area (Å²) in [5.74, 6) is -0.00231. The van der Waals surface area contributed by atoms with E-state index in [-0.39, 0.29) is 12.2 Å². The fourth-order valence-electron chi connectivity index (χ4n) is 0.767. The van der Waals surface area contributed by atoms with Crippen molar-refractivity contribution in [2.24, 2.45) is 0 Å². The normalized spacial score (nSPS) is 24.2. The lowest BCUT2D eigenvalue weighted by Gasteiger charge is -2.15. The smallest absolute Gasteiger partial charge is 0.225 e. The highest BCUT2D eigenvalue weighted by Crippen LogP contribution is 2.15. The minimum atomic E-state index is -0.806. The zero-order valence-electron chi connectivity index (χ0n) is 5.55. The van der Waals surface area contributed by atoms with E-state index in [1.165, 1.54) is 6.21 Å². The predicted octanol–water partition coefficient (Wildman–Crippen LogP) is 0.319. The van der Waals surface area contributed by atoms with Gasteiger partial charge in [0.05, 0.1) is 6.42 Å². The van der Waals surface area contributed by atoms with Gasteiger partial charge in [-0.05, 0) is 0 Å². The van der Waals surface area contributed by atoms with Crippen LogP contribution in [-0.4, -0.2) is 22.3 Å². The summed E-state index contributed by atoms with van der Waals surface area (Å²) in [7, 11) is 0. The average molecular weight is 127 g/mol. The van der Waals surface area contributed by atoms with E-state index in [1.54, 1.807) is 13.8 Å². The van der Waals surface area contributed by atoms with E-state index in [2.05, 4.69) is 0 Å². The summed E-state index contributed by atoms with van der Waals surface area (Å²) < 4.78 is 0.718. The molecule has 1 aliphatic heterocycles. The topological polar surface area (TPSA) is 43.1 Å². The molecule has 0 aromatic rings. The fourth-order valence-corrected chi connectivity index (χ4v) is 0.767. The van der Waals surface area contributed by atoms with Crippen LogP contribution < -0.4 is 0 Å². The standard InChI is InChI=1S/C6H9NO2/c1-6(2)5(8)3-4-7(6)9/h4H,3H2,1-2H3. The first-order valence-electron chi connectivity index (χ1n) is 2.88. The number of carbonyl (C=O) groups is 1. The molecule has 3 nitrogen and oxygen atoms in total. The molecule has 1 aliphatic rings. The van der Waals surface area contributed by atoms with Crippen molar-refractivity contribution in [1.29, 1.82) is 0 Å². The third-order valence-electron chi connectivity index (χ3n) is 1.68. The lowest BCUT2D eigenvalue weighted by molar-refractivity contribution is -0.512. The van der Waals surface area contributed by atoms with Crippen molar-refractivity contribution in [2.75, 3.05) is 0 Å². The van der Waals surface area contributed by atoms with E-state index < -0.39 is 5.54 Å². The second-order valence-electron chi connectivity index (χ2n) is 2.69. The summed E-state index contributed by atoms with van der Waals surface area (Å²) in [6.07, 6.45) is 1.67. The first-order chi connectivity index (χ1) is 4.05. The van der Waals surface area contributed by atoms with E-state index in [0.29, 0.717) is 0 Å². The molecule has 0 unspecified atom stereocenters.